The lowest BCUT2D eigenvalue weighted by atomic mass is 10.3. The largest absolute Gasteiger partial charge is 0.344 e. The van der Waals surface area contributed by atoms with Crippen LogP contribution in [0.4, 0.5) is 11.6 Å². The molecule has 2 N–H and O–H groups in total. The van der Waals surface area contributed by atoms with Gasteiger partial charge in [0.15, 0.2) is 0 Å². The zero-order valence-corrected chi connectivity index (χ0v) is 13.0. The number of anilines is 2. The van der Waals surface area contributed by atoms with E-state index >= 15 is 0 Å². The average molecular weight is 320 g/mol. The maximum Gasteiger partial charge on any atom is 0.227 e. The summed E-state index contributed by atoms with van der Waals surface area (Å²) >= 11 is 0. The van der Waals surface area contributed by atoms with Gasteiger partial charge in [-0.1, -0.05) is 18.2 Å². The summed E-state index contributed by atoms with van der Waals surface area (Å²) in [6, 6.07) is 11.7. The standard InChI is InChI=1S/C17H16N6O/c1-24-22-11-5-8-16-19-12-15(23(16)22)14-9-10-18-17(21-14)20-13-6-3-2-4-7-13/h2-12,19H,1H3,(H,18,20,21). The first-order valence-electron chi connectivity index (χ1n) is 7.49. The van der Waals surface area contributed by atoms with Gasteiger partial charge in [0, 0.05) is 18.1 Å². The van der Waals surface area contributed by atoms with Crippen molar-refractivity contribution in [3.8, 4) is 0 Å². The summed E-state index contributed by atoms with van der Waals surface area (Å²) in [5.74, 6) is 1.43. The minimum atomic E-state index is 0.536. The molecule has 0 radical (unpaired) electrons. The molecule has 1 aromatic heterocycles. The number of para-hydroxylation sites is 1. The number of hydrogen-bond acceptors (Lipinski definition) is 7. The third-order valence-corrected chi connectivity index (χ3v) is 3.61. The van der Waals surface area contributed by atoms with Crippen LogP contribution >= 0.6 is 0 Å². The van der Waals surface area contributed by atoms with Crippen LogP contribution in [0, 0.1) is 0 Å². The topological polar surface area (TPSA) is 65.5 Å². The van der Waals surface area contributed by atoms with Crippen LogP contribution in [-0.2, 0) is 4.84 Å². The second-order valence-corrected chi connectivity index (χ2v) is 5.12. The molecule has 0 saturated heterocycles. The van der Waals surface area contributed by atoms with Gasteiger partial charge in [-0.25, -0.2) is 15.0 Å². The van der Waals surface area contributed by atoms with Crippen molar-refractivity contribution in [1.29, 1.82) is 0 Å². The highest BCUT2D eigenvalue weighted by Crippen LogP contribution is 2.30. The molecule has 4 rings (SSSR count). The molecule has 2 aromatic rings. The molecule has 1 aromatic carbocycles. The summed E-state index contributed by atoms with van der Waals surface area (Å²) in [6.07, 6.45) is 9.31. The molecule has 2 aliphatic rings. The van der Waals surface area contributed by atoms with E-state index in [1.807, 2.05) is 66.0 Å². The predicted octanol–water partition coefficient (Wildman–Crippen LogP) is 2.57. The van der Waals surface area contributed by atoms with Crippen molar-refractivity contribution in [3.63, 3.8) is 0 Å². The molecule has 0 bridgehead atoms. The van der Waals surface area contributed by atoms with Crippen LogP contribution in [0.1, 0.15) is 5.69 Å². The van der Waals surface area contributed by atoms with Crippen molar-refractivity contribution in [2.75, 3.05) is 12.4 Å². The number of benzene rings is 1. The number of allylic oxidation sites excluding steroid dienone is 2. The summed E-state index contributed by atoms with van der Waals surface area (Å²) < 4.78 is 0. The van der Waals surface area contributed by atoms with E-state index in [0.717, 1.165) is 22.9 Å². The zero-order chi connectivity index (χ0) is 16.4. The van der Waals surface area contributed by atoms with Gasteiger partial charge in [0.1, 0.15) is 11.5 Å². The van der Waals surface area contributed by atoms with Gasteiger partial charge >= 0.3 is 0 Å². The number of hydrazine groups is 1. The molecular formula is C17H16N6O. The van der Waals surface area contributed by atoms with E-state index < -0.39 is 0 Å². The monoisotopic (exact) mass is 320 g/mol. The van der Waals surface area contributed by atoms with Gasteiger partial charge < -0.3 is 10.6 Å². The molecule has 0 atom stereocenters. The van der Waals surface area contributed by atoms with Crippen LogP contribution in [0.25, 0.3) is 5.70 Å². The van der Waals surface area contributed by atoms with Gasteiger partial charge in [-0.2, -0.15) is 5.17 Å². The fourth-order valence-electron chi connectivity index (χ4n) is 2.54. The molecule has 0 aliphatic carbocycles. The first-order chi connectivity index (χ1) is 11.8. The van der Waals surface area contributed by atoms with E-state index in [9.17, 15) is 0 Å². The SMILES string of the molecule is CON1C=CC=C2NC=C(c3ccnc(Nc4ccccc4)n3)N21. The Kier molecular flexibility index (Phi) is 3.60. The number of nitrogens with one attached hydrogen (secondary N) is 2. The Hall–Kier alpha value is -3.32. The number of rotatable bonds is 4. The van der Waals surface area contributed by atoms with E-state index in [1.165, 1.54) is 0 Å². The smallest absolute Gasteiger partial charge is 0.227 e. The van der Waals surface area contributed by atoms with Gasteiger partial charge in [-0.15, -0.1) is 0 Å². The Morgan fingerprint density at radius 3 is 2.88 bits per heavy atom. The average Bonchev–Trinajstić information content (AvgIpc) is 3.07. The molecule has 2 aliphatic heterocycles. The first-order valence-corrected chi connectivity index (χ1v) is 7.49. The number of hydroxylamine groups is 1. The van der Waals surface area contributed by atoms with Crippen LogP contribution in [0.15, 0.2) is 73.0 Å². The van der Waals surface area contributed by atoms with Crippen LogP contribution in [0.2, 0.25) is 0 Å². The summed E-state index contributed by atoms with van der Waals surface area (Å²) in [5.41, 5.74) is 2.58. The second-order valence-electron chi connectivity index (χ2n) is 5.12. The Morgan fingerprint density at radius 1 is 1.17 bits per heavy atom. The van der Waals surface area contributed by atoms with E-state index in [0.29, 0.717) is 5.95 Å². The molecule has 120 valence electrons. The van der Waals surface area contributed by atoms with E-state index in [4.69, 9.17) is 4.84 Å². The predicted molar refractivity (Wildman–Crippen MR) is 90.8 cm³/mol. The summed E-state index contributed by atoms with van der Waals surface area (Å²) in [7, 11) is 1.62. The lowest BCUT2D eigenvalue weighted by molar-refractivity contribution is -0.191. The quantitative estimate of drug-likeness (QED) is 0.897. The third-order valence-electron chi connectivity index (χ3n) is 3.61. The molecule has 0 spiro atoms. The highest BCUT2D eigenvalue weighted by Gasteiger charge is 2.29. The van der Waals surface area contributed by atoms with Gasteiger partial charge in [0.05, 0.1) is 19.0 Å². The maximum atomic E-state index is 5.37. The third kappa shape index (κ3) is 2.57. The van der Waals surface area contributed by atoms with Crippen molar-refractivity contribution in [1.82, 2.24) is 25.5 Å². The highest BCUT2D eigenvalue weighted by molar-refractivity contribution is 5.66. The van der Waals surface area contributed by atoms with Gasteiger partial charge in [0.25, 0.3) is 0 Å². The molecule has 7 nitrogen and oxygen atoms in total. The van der Waals surface area contributed by atoms with E-state index in [-0.39, 0.29) is 0 Å². The number of hydrogen-bond donors (Lipinski definition) is 2. The molecule has 0 saturated carbocycles. The Labute approximate surface area is 139 Å². The molecular weight excluding hydrogens is 304 g/mol. The minimum Gasteiger partial charge on any atom is -0.344 e. The lowest BCUT2D eigenvalue weighted by Crippen LogP contribution is -2.37. The Balaban J connectivity index is 1.62. The van der Waals surface area contributed by atoms with Crippen LogP contribution in [0.5, 0.6) is 0 Å². The number of nitrogens with zero attached hydrogens (tertiary/aromatic N) is 4. The fourth-order valence-corrected chi connectivity index (χ4v) is 2.54. The van der Waals surface area contributed by atoms with Gasteiger partial charge in [-0.3, -0.25) is 4.84 Å². The van der Waals surface area contributed by atoms with Crippen molar-refractivity contribution in [3.05, 3.63) is 78.7 Å². The van der Waals surface area contributed by atoms with Crippen molar-refractivity contribution in [2.45, 2.75) is 0 Å². The second kappa shape index (κ2) is 6.05. The van der Waals surface area contributed by atoms with Crippen molar-refractivity contribution in [2.24, 2.45) is 0 Å². The number of fused-ring (bicyclic) bond motifs is 1. The van der Waals surface area contributed by atoms with E-state index in [2.05, 4.69) is 20.6 Å². The Bertz CT molecular complexity index is 830. The maximum absolute atomic E-state index is 5.37. The number of aromatic nitrogens is 2. The van der Waals surface area contributed by atoms with Gasteiger partial charge in [-0.05, 0) is 30.4 Å². The van der Waals surface area contributed by atoms with Crippen molar-refractivity contribution < 1.29 is 4.84 Å². The van der Waals surface area contributed by atoms with Crippen LogP contribution in [-0.4, -0.2) is 27.3 Å². The summed E-state index contributed by atoms with van der Waals surface area (Å²) in [5, 5.41) is 9.94. The highest BCUT2D eigenvalue weighted by atomic mass is 16.7. The molecule has 7 heteroatoms. The van der Waals surface area contributed by atoms with Gasteiger partial charge in [0.2, 0.25) is 5.95 Å². The van der Waals surface area contributed by atoms with Crippen molar-refractivity contribution >= 4 is 17.3 Å². The lowest BCUT2D eigenvalue weighted by Gasteiger charge is -2.33. The summed E-state index contributed by atoms with van der Waals surface area (Å²) in [4.78, 5) is 14.3. The van der Waals surface area contributed by atoms with Crippen LogP contribution in [0.3, 0.4) is 0 Å². The molecule has 0 amide bonds. The van der Waals surface area contributed by atoms with E-state index in [1.54, 1.807) is 18.5 Å². The molecule has 0 unspecified atom stereocenters. The molecule has 0 fully saturated rings. The normalized spacial score (nSPS) is 15.5. The van der Waals surface area contributed by atoms with Crippen LogP contribution < -0.4 is 10.6 Å². The molecule has 3 heterocycles. The Morgan fingerprint density at radius 2 is 2.04 bits per heavy atom. The molecule has 24 heavy (non-hydrogen) atoms. The first kappa shape index (κ1) is 14.3. The minimum absolute atomic E-state index is 0.536. The zero-order valence-electron chi connectivity index (χ0n) is 13.0. The fraction of sp³-hybridized carbons (Fsp3) is 0.0588. The summed E-state index contributed by atoms with van der Waals surface area (Å²) in [6.45, 7) is 0.